The number of hydrogen-bond donors (Lipinski definition) is 1. The second-order valence-corrected chi connectivity index (χ2v) is 5.53. The largest absolute Gasteiger partial charge is 0.507 e. The van der Waals surface area contributed by atoms with E-state index in [0.29, 0.717) is 11.6 Å². The van der Waals surface area contributed by atoms with Gasteiger partial charge in [0, 0.05) is 18.5 Å². The maximum atomic E-state index is 11.9. The van der Waals surface area contributed by atoms with Crippen LogP contribution < -0.4 is 0 Å². The molecule has 0 bridgehead atoms. The van der Waals surface area contributed by atoms with Crippen molar-refractivity contribution in [3.63, 3.8) is 0 Å². The van der Waals surface area contributed by atoms with Crippen LogP contribution in [0.15, 0.2) is 18.2 Å². The lowest BCUT2D eigenvalue weighted by Gasteiger charge is -2.25. The van der Waals surface area contributed by atoms with Crippen molar-refractivity contribution in [2.45, 2.75) is 47.2 Å². The zero-order chi connectivity index (χ0) is 14.6. The molecular formula is C16H25NO2. The van der Waals surface area contributed by atoms with Gasteiger partial charge in [0.2, 0.25) is 0 Å². The molecule has 0 aliphatic heterocycles. The lowest BCUT2D eigenvalue weighted by atomic mass is 9.99. The van der Waals surface area contributed by atoms with E-state index in [4.69, 9.17) is 0 Å². The van der Waals surface area contributed by atoms with E-state index in [0.717, 1.165) is 18.7 Å². The highest BCUT2D eigenvalue weighted by atomic mass is 16.3. The molecule has 0 unspecified atom stereocenters. The highest BCUT2D eigenvalue weighted by molar-refractivity contribution is 5.99. The normalized spacial score (nSPS) is 11.6. The van der Waals surface area contributed by atoms with Gasteiger partial charge in [-0.3, -0.25) is 9.69 Å². The quantitative estimate of drug-likeness (QED) is 0.799. The molecule has 0 aromatic heterocycles. The van der Waals surface area contributed by atoms with Crippen LogP contribution in [0.25, 0.3) is 0 Å². The summed E-state index contributed by atoms with van der Waals surface area (Å²) in [4.78, 5) is 14.2. The molecule has 1 rings (SSSR count). The van der Waals surface area contributed by atoms with Crippen LogP contribution in [0, 0.1) is 5.92 Å². The van der Waals surface area contributed by atoms with Gasteiger partial charge in [-0.15, -0.1) is 0 Å². The van der Waals surface area contributed by atoms with E-state index < -0.39 is 0 Å². The topological polar surface area (TPSA) is 40.5 Å². The van der Waals surface area contributed by atoms with Crippen LogP contribution in [0.3, 0.4) is 0 Å². The predicted molar refractivity (Wildman–Crippen MR) is 78.5 cm³/mol. The summed E-state index contributed by atoms with van der Waals surface area (Å²) >= 11 is 0. The van der Waals surface area contributed by atoms with Crippen LogP contribution in [-0.2, 0) is 6.54 Å². The minimum atomic E-state index is -0.0976. The Hall–Kier alpha value is -1.35. The number of Topliss-reactive ketones (excluding diaryl/α,β-unsaturated/α-hetero) is 1. The SMILES string of the molecule is CCN(Cc1ccc(C(=O)C(C)C)c(O)c1)C(C)C. The summed E-state index contributed by atoms with van der Waals surface area (Å²) in [6.45, 7) is 11.9. The average Bonchev–Trinajstić information content (AvgIpc) is 2.34. The summed E-state index contributed by atoms with van der Waals surface area (Å²) < 4.78 is 0. The molecule has 19 heavy (non-hydrogen) atoms. The molecule has 0 fully saturated rings. The molecule has 0 amide bonds. The van der Waals surface area contributed by atoms with Gasteiger partial charge in [0.1, 0.15) is 5.75 Å². The Morgan fingerprint density at radius 2 is 1.89 bits per heavy atom. The maximum absolute atomic E-state index is 11.9. The van der Waals surface area contributed by atoms with Gasteiger partial charge in [-0.2, -0.15) is 0 Å². The van der Waals surface area contributed by atoms with Crippen molar-refractivity contribution in [3.05, 3.63) is 29.3 Å². The van der Waals surface area contributed by atoms with Crippen LogP contribution in [0.5, 0.6) is 5.75 Å². The molecule has 3 nitrogen and oxygen atoms in total. The van der Waals surface area contributed by atoms with Crippen LogP contribution in [0.1, 0.15) is 50.5 Å². The Morgan fingerprint density at radius 3 is 2.32 bits per heavy atom. The summed E-state index contributed by atoms with van der Waals surface area (Å²) in [6.07, 6.45) is 0. The summed E-state index contributed by atoms with van der Waals surface area (Å²) in [5.41, 5.74) is 1.46. The van der Waals surface area contributed by atoms with Gasteiger partial charge in [0.05, 0.1) is 5.56 Å². The number of benzene rings is 1. The Balaban J connectivity index is 2.91. The van der Waals surface area contributed by atoms with E-state index in [-0.39, 0.29) is 17.5 Å². The van der Waals surface area contributed by atoms with Gasteiger partial charge in [-0.25, -0.2) is 0 Å². The van der Waals surface area contributed by atoms with Crippen LogP contribution in [0.2, 0.25) is 0 Å². The molecule has 1 N–H and O–H groups in total. The maximum Gasteiger partial charge on any atom is 0.169 e. The van der Waals surface area contributed by atoms with E-state index in [9.17, 15) is 9.90 Å². The van der Waals surface area contributed by atoms with Gasteiger partial charge >= 0.3 is 0 Å². The lowest BCUT2D eigenvalue weighted by molar-refractivity contribution is 0.0936. The lowest BCUT2D eigenvalue weighted by Crippen LogP contribution is -2.29. The van der Waals surface area contributed by atoms with E-state index in [1.165, 1.54) is 0 Å². The molecule has 1 aromatic rings. The van der Waals surface area contributed by atoms with Crippen LogP contribution in [0.4, 0.5) is 0 Å². The number of nitrogens with zero attached hydrogens (tertiary/aromatic N) is 1. The van der Waals surface area contributed by atoms with E-state index in [1.54, 1.807) is 12.1 Å². The molecule has 0 spiro atoms. The Morgan fingerprint density at radius 1 is 1.26 bits per heavy atom. The number of phenols is 1. The molecule has 0 heterocycles. The first-order valence-electron chi connectivity index (χ1n) is 6.97. The fraction of sp³-hybridized carbons (Fsp3) is 0.562. The van der Waals surface area contributed by atoms with Gasteiger partial charge in [-0.05, 0) is 38.1 Å². The molecule has 0 saturated heterocycles. The third kappa shape index (κ3) is 4.06. The van der Waals surface area contributed by atoms with E-state index >= 15 is 0 Å². The average molecular weight is 263 g/mol. The van der Waals surface area contributed by atoms with Crippen molar-refractivity contribution < 1.29 is 9.90 Å². The van der Waals surface area contributed by atoms with Crippen molar-refractivity contribution >= 4 is 5.78 Å². The Kier molecular flexibility index (Phi) is 5.55. The first-order valence-corrected chi connectivity index (χ1v) is 6.97. The predicted octanol–water partition coefficient (Wildman–Crippen LogP) is 3.46. The molecular weight excluding hydrogens is 238 g/mol. The number of aromatic hydroxyl groups is 1. The highest BCUT2D eigenvalue weighted by Gasteiger charge is 2.16. The highest BCUT2D eigenvalue weighted by Crippen LogP contribution is 2.23. The second-order valence-electron chi connectivity index (χ2n) is 5.53. The Bertz CT molecular complexity index is 438. The summed E-state index contributed by atoms with van der Waals surface area (Å²) in [6, 6.07) is 5.84. The fourth-order valence-electron chi connectivity index (χ4n) is 2.09. The van der Waals surface area contributed by atoms with E-state index in [1.807, 2.05) is 19.9 Å². The number of carbonyl (C=O) groups excluding carboxylic acids is 1. The van der Waals surface area contributed by atoms with E-state index in [2.05, 4.69) is 25.7 Å². The third-order valence-electron chi connectivity index (χ3n) is 3.37. The van der Waals surface area contributed by atoms with Crippen LogP contribution >= 0.6 is 0 Å². The second kappa shape index (κ2) is 6.71. The monoisotopic (exact) mass is 263 g/mol. The molecule has 0 radical (unpaired) electrons. The van der Waals surface area contributed by atoms with Crippen molar-refractivity contribution in [3.8, 4) is 5.75 Å². The third-order valence-corrected chi connectivity index (χ3v) is 3.37. The fourth-order valence-corrected chi connectivity index (χ4v) is 2.09. The molecule has 1 aromatic carbocycles. The standard InChI is InChI=1S/C16H25NO2/c1-6-17(12(4)5)10-13-7-8-14(15(18)9-13)16(19)11(2)3/h7-9,11-12,18H,6,10H2,1-5H3. The number of ketones is 1. The van der Waals surface area contributed by atoms with Crippen LogP contribution in [-0.4, -0.2) is 28.4 Å². The first-order chi connectivity index (χ1) is 8.86. The number of hydrogen-bond acceptors (Lipinski definition) is 3. The molecule has 0 aliphatic rings. The molecule has 0 atom stereocenters. The number of carbonyl (C=O) groups is 1. The first kappa shape index (κ1) is 15.7. The molecule has 0 aliphatic carbocycles. The van der Waals surface area contributed by atoms with Gasteiger partial charge < -0.3 is 5.11 Å². The Labute approximate surface area is 116 Å². The van der Waals surface area contributed by atoms with Crippen molar-refractivity contribution in [1.29, 1.82) is 0 Å². The molecule has 0 saturated carbocycles. The zero-order valence-electron chi connectivity index (χ0n) is 12.6. The molecule has 3 heteroatoms. The minimum Gasteiger partial charge on any atom is -0.507 e. The van der Waals surface area contributed by atoms with Crippen molar-refractivity contribution in [2.24, 2.45) is 5.92 Å². The van der Waals surface area contributed by atoms with Gasteiger partial charge in [-0.1, -0.05) is 26.8 Å². The number of rotatable bonds is 6. The van der Waals surface area contributed by atoms with Crippen molar-refractivity contribution in [1.82, 2.24) is 4.90 Å². The minimum absolute atomic E-state index is 0.0137. The van der Waals surface area contributed by atoms with Gasteiger partial charge in [0.15, 0.2) is 5.78 Å². The van der Waals surface area contributed by atoms with Crippen molar-refractivity contribution in [2.75, 3.05) is 6.54 Å². The smallest absolute Gasteiger partial charge is 0.169 e. The summed E-state index contributed by atoms with van der Waals surface area (Å²) in [5.74, 6) is -0.0178. The summed E-state index contributed by atoms with van der Waals surface area (Å²) in [7, 11) is 0. The zero-order valence-corrected chi connectivity index (χ0v) is 12.6. The van der Waals surface area contributed by atoms with Gasteiger partial charge in [0.25, 0.3) is 0 Å². The summed E-state index contributed by atoms with van der Waals surface area (Å²) in [5, 5.41) is 10.00. The molecule has 106 valence electrons. The number of phenolic OH excluding ortho intramolecular Hbond substituents is 1.